The molecule has 0 unspecified atom stereocenters. The third-order valence-electron chi connectivity index (χ3n) is 5.28. The fourth-order valence-electron chi connectivity index (χ4n) is 4.06. The van der Waals surface area contributed by atoms with Crippen LogP contribution in [0.15, 0.2) is 24.3 Å². The molecule has 2 aliphatic rings. The van der Waals surface area contributed by atoms with Crippen molar-refractivity contribution in [3.8, 4) is 0 Å². The molecule has 122 valence electrons. The van der Waals surface area contributed by atoms with Gasteiger partial charge in [0.2, 0.25) is 0 Å². The predicted molar refractivity (Wildman–Crippen MR) is 93.0 cm³/mol. The summed E-state index contributed by atoms with van der Waals surface area (Å²) in [5.41, 5.74) is 0.876. The highest BCUT2D eigenvalue weighted by molar-refractivity contribution is 6.30. The van der Waals surface area contributed by atoms with Crippen LogP contribution in [0.2, 0.25) is 5.02 Å². The van der Waals surface area contributed by atoms with Gasteiger partial charge in [0.25, 0.3) is 5.91 Å². The van der Waals surface area contributed by atoms with E-state index in [9.17, 15) is 4.79 Å². The van der Waals surface area contributed by atoms with E-state index in [4.69, 9.17) is 11.6 Å². The van der Waals surface area contributed by atoms with Gasteiger partial charge in [0.1, 0.15) is 0 Å². The van der Waals surface area contributed by atoms with Crippen LogP contribution >= 0.6 is 24.0 Å². The summed E-state index contributed by atoms with van der Waals surface area (Å²) in [5.74, 6) is 0.0261. The van der Waals surface area contributed by atoms with Gasteiger partial charge in [-0.3, -0.25) is 9.69 Å². The molecule has 2 fully saturated rings. The van der Waals surface area contributed by atoms with Crippen LogP contribution in [0.25, 0.3) is 0 Å². The number of amides is 1. The van der Waals surface area contributed by atoms with Gasteiger partial charge in [0.15, 0.2) is 0 Å². The highest BCUT2D eigenvalue weighted by Crippen LogP contribution is 2.40. The first-order valence-corrected chi connectivity index (χ1v) is 8.27. The molecule has 3 nitrogen and oxygen atoms in total. The smallest absolute Gasteiger partial charge is 0.251 e. The van der Waals surface area contributed by atoms with Crippen molar-refractivity contribution in [2.45, 2.75) is 50.1 Å². The Bertz CT molecular complexity index is 520. The summed E-state index contributed by atoms with van der Waals surface area (Å²) in [6.07, 6.45) is 7.22. The summed E-state index contributed by atoms with van der Waals surface area (Å²) >= 11 is 5.89. The number of hydrogen-bond acceptors (Lipinski definition) is 2. The maximum atomic E-state index is 12.5. The van der Waals surface area contributed by atoms with E-state index in [1.54, 1.807) is 24.3 Å². The Morgan fingerprint density at radius 3 is 2.55 bits per heavy atom. The number of hydrogen-bond donors (Lipinski definition) is 1. The molecule has 1 aliphatic carbocycles. The Morgan fingerprint density at radius 2 is 1.91 bits per heavy atom. The van der Waals surface area contributed by atoms with Crippen molar-refractivity contribution in [1.29, 1.82) is 0 Å². The summed E-state index contributed by atoms with van der Waals surface area (Å²) in [7, 11) is 2.21. The van der Waals surface area contributed by atoms with Gasteiger partial charge < -0.3 is 5.32 Å². The number of carbonyl (C=O) groups excluding carboxylic acids is 1. The lowest BCUT2D eigenvalue weighted by Crippen LogP contribution is -2.59. The van der Waals surface area contributed by atoms with Crippen molar-refractivity contribution in [2.75, 3.05) is 13.6 Å². The molecule has 1 amide bonds. The maximum absolute atomic E-state index is 12.5. The van der Waals surface area contributed by atoms with Crippen molar-refractivity contribution in [2.24, 2.45) is 0 Å². The van der Waals surface area contributed by atoms with Gasteiger partial charge in [-0.1, -0.05) is 24.4 Å². The first kappa shape index (κ1) is 17.6. The van der Waals surface area contributed by atoms with Crippen molar-refractivity contribution < 1.29 is 4.79 Å². The Balaban J connectivity index is 0.00000176. The molecule has 1 aliphatic heterocycles. The van der Waals surface area contributed by atoms with Crippen LogP contribution in [-0.4, -0.2) is 36.0 Å². The first-order valence-electron chi connectivity index (χ1n) is 7.89. The van der Waals surface area contributed by atoms with E-state index in [0.29, 0.717) is 10.6 Å². The van der Waals surface area contributed by atoms with E-state index < -0.39 is 0 Å². The van der Waals surface area contributed by atoms with Crippen molar-refractivity contribution in [3.05, 3.63) is 34.9 Å². The third kappa shape index (κ3) is 3.27. The van der Waals surface area contributed by atoms with Gasteiger partial charge in [-0.15, -0.1) is 12.4 Å². The normalized spacial score (nSPS) is 28.4. The van der Waals surface area contributed by atoms with Gasteiger partial charge in [0, 0.05) is 22.2 Å². The van der Waals surface area contributed by atoms with Crippen molar-refractivity contribution >= 4 is 29.9 Å². The van der Waals surface area contributed by atoms with Crippen LogP contribution in [0.5, 0.6) is 0 Å². The Morgan fingerprint density at radius 1 is 1.23 bits per heavy atom. The third-order valence-corrected chi connectivity index (χ3v) is 5.53. The Hall–Kier alpha value is -0.770. The molecular weight excluding hydrogens is 319 g/mol. The summed E-state index contributed by atoms with van der Waals surface area (Å²) in [4.78, 5) is 15.0. The van der Waals surface area contributed by atoms with Gasteiger partial charge in [-0.05, 0) is 63.5 Å². The zero-order valence-electron chi connectivity index (χ0n) is 13.0. The van der Waals surface area contributed by atoms with E-state index in [-0.39, 0.29) is 29.9 Å². The fourth-order valence-corrected chi connectivity index (χ4v) is 4.19. The maximum Gasteiger partial charge on any atom is 0.251 e. The Kier molecular flexibility index (Phi) is 5.76. The van der Waals surface area contributed by atoms with E-state index in [0.717, 1.165) is 13.0 Å². The van der Waals surface area contributed by atoms with Crippen molar-refractivity contribution in [3.63, 3.8) is 0 Å². The molecule has 1 aromatic rings. The molecular formula is C17H24Cl2N2O. The summed E-state index contributed by atoms with van der Waals surface area (Å²) in [6, 6.07) is 7.41. The number of carbonyl (C=O) groups is 1. The number of likely N-dealkylation sites (tertiary alicyclic amines) is 1. The molecule has 1 aromatic carbocycles. The average molecular weight is 343 g/mol. The van der Waals surface area contributed by atoms with Crippen LogP contribution < -0.4 is 5.32 Å². The summed E-state index contributed by atoms with van der Waals surface area (Å²) < 4.78 is 0. The Labute approximate surface area is 143 Å². The molecule has 1 spiro atoms. The second-order valence-electron chi connectivity index (χ2n) is 6.41. The topological polar surface area (TPSA) is 32.3 Å². The van der Waals surface area contributed by atoms with Crippen LogP contribution in [0, 0.1) is 0 Å². The van der Waals surface area contributed by atoms with Gasteiger partial charge >= 0.3 is 0 Å². The molecule has 22 heavy (non-hydrogen) atoms. The number of nitrogens with zero attached hydrogens (tertiary/aromatic N) is 1. The highest BCUT2D eigenvalue weighted by atomic mass is 35.5. The molecule has 5 heteroatoms. The summed E-state index contributed by atoms with van der Waals surface area (Å²) in [6.45, 7) is 1.15. The van der Waals surface area contributed by atoms with Crippen LogP contribution in [0.3, 0.4) is 0 Å². The molecule has 1 saturated heterocycles. The van der Waals surface area contributed by atoms with Crippen LogP contribution in [0.4, 0.5) is 0 Å². The molecule has 1 heterocycles. The van der Waals surface area contributed by atoms with Crippen LogP contribution in [0.1, 0.15) is 48.9 Å². The standard InChI is InChI=1S/C17H23ClN2O.ClH/c1-20-12-4-11-17(20)10-3-2-5-15(17)19-16(21)13-6-8-14(18)9-7-13;/h6-9,15H,2-5,10-12H2,1H3,(H,19,21);1H/t15-,17+;/m0./s1. The molecule has 3 rings (SSSR count). The minimum Gasteiger partial charge on any atom is -0.347 e. The van der Waals surface area contributed by atoms with E-state index >= 15 is 0 Å². The lowest BCUT2D eigenvalue weighted by molar-refractivity contribution is 0.0641. The molecule has 0 radical (unpaired) electrons. The number of likely N-dealkylation sites (N-methyl/N-ethyl adjacent to an activating group) is 1. The van der Waals surface area contributed by atoms with E-state index in [2.05, 4.69) is 17.3 Å². The number of benzene rings is 1. The monoisotopic (exact) mass is 342 g/mol. The molecule has 0 bridgehead atoms. The quantitative estimate of drug-likeness (QED) is 0.883. The lowest BCUT2D eigenvalue weighted by atomic mass is 9.75. The highest BCUT2D eigenvalue weighted by Gasteiger charge is 2.46. The van der Waals surface area contributed by atoms with Gasteiger partial charge in [-0.2, -0.15) is 0 Å². The first-order chi connectivity index (χ1) is 10.1. The fraction of sp³-hybridized carbons (Fsp3) is 0.588. The second kappa shape index (κ2) is 7.20. The zero-order valence-corrected chi connectivity index (χ0v) is 14.6. The number of nitrogens with one attached hydrogen (secondary N) is 1. The van der Waals surface area contributed by atoms with E-state index in [1.165, 1.54) is 32.1 Å². The molecule has 1 saturated carbocycles. The van der Waals surface area contributed by atoms with E-state index in [1.807, 2.05) is 0 Å². The largest absolute Gasteiger partial charge is 0.347 e. The number of rotatable bonds is 2. The SMILES string of the molecule is CN1CCC[C@@]12CCCC[C@@H]2NC(=O)c1ccc(Cl)cc1.Cl. The number of halogens is 2. The second-order valence-corrected chi connectivity index (χ2v) is 6.84. The minimum absolute atomic E-state index is 0. The average Bonchev–Trinajstić information content (AvgIpc) is 2.84. The van der Waals surface area contributed by atoms with Crippen molar-refractivity contribution in [1.82, 2.24) is 10.2 Å². The molecule has 2 atom stereocenters. The van der Waals surface area contributed by atoms with Gasteiger partial charge in [-0.25, -0.2) is 0 Å². The molecule has 0 aromatic heterocycles. The lowest BCUT2D eigenvalue weighted by Gasteiger charge is -2.46. The van der Waals surface area contributed by atoms with Gasteiger partial charge in [0.05, 0.1) is 0 Å². The van der Waals surface area contributed by atoms with Crippen LogP contribution in [-0.2, 0) is 0 Å². The molecule has 1 N–H and O–H groups in total. The summed E-state index contributed by atoms with van der Waals surface area (Å²) in [5, 5.41) is 3.96. The zero-order chi connectivity index (χ0) is 14.9. The predicted octanol–water partition coefficient (Wildman–Crippen LogP) is 3.90. The minimum atomic E-state index is 0.